The predicted molar refractivity (Wildman–Crippen MR) is 183 cm³/mol. The van der Waals surface area contributed by atoms with Gasteiger partial charge in [0.2, 0.25) is 0 Å². The molecule has 234 valence electrons. The van der Waals surface area contributed by atoms with Gasteiger partial charge in [-0.15, -0.1) is 28.6 Å². The number of thiophene rings is 2. The minimum atomic E-state index is -0.499. The number of Topliss-reactive ketones (excluding diaryl/α,β-unsaturated/α-hetero) is 1. The molecule has 1 spiro atoms. The van der Waals surface area contributed by atoms with Crippen LogP contribution in [0.5, 0.6) is 5.75 Å². The van der Waals surface area contributed by atoms with Crippen molar-refractivity contribution in [2.75, 3.05) is 18.9 Å². The fourth-order valence-corrected chi connectivity index (χ4v) is 9.28. The Hall–Kier alpha value is -3.32. The van der Waals surface area contributed by atoms with Crippen molar-refractivity contribution < 1.29 is 15.0 Å². The van der Waals surface area contributed by atoms with Crippen LogP contribution in [0.1, 0.15) is 78.9 Å². The molecule has 0 saturated heterocycles. The molecule has 0 amide bonds. The highest BCUT2D eigenvalue weighted by Gasteiger charge is 2.50. The summed E-state index contributed by atoms with van der Waals surface area (Å²) in [5.41, 5.74) is 7.96. The van der Waals surface area contributed by atoms with Crippen molar-refractivity contribution in [3.05, 3.63) is 57.8 Å². The number of nitrogens with one attached hydrogen (secondary N) is 2. The number of hydrogen-bond acceptors (Lipinski definition) is 7. The minimum absolute atomic E-state index is 0.00577. The lowest BCUT2D eigenvalue weighted by Crippen LogP contribution is -2.50. The third kappa shape index (κ3) is 7.48. The van der Waals surface area contributed by atoms with Gasteiger partial charge in [0.05, 0.1) is 15.9 Å². The van der Waals surface area contributed by atoms with E-state index >= 15 is 0 Å². The molecule has 2 aliphatic rings. The van der Waals surface area contributed by atoms with E-state index in [0.29, 0.717) is 30.6 Å². The van der Waals surface area contributed by atoms with Gasteiger partial charge in [-0.1, -0.05) is 18.8 Å². The van der Waals surface area contributed by atoms with E-state index in [2.05, 4.69) is 45.7 Å². The van der Waals surface area contributed by atoms with E-state index in [1.54, 1.807) is 48.8 Å². The fourth-order valence-electron chi connectivity index (χ4n) is 7.28. The number of aliphatic hydroxyl groups excluding tert-OH is 1. The van der Waals surface area contributed by atoms with Crippen LogP contribution in [-0.4, -0.2) is 47.7 Å². The van der Waals surface area contributed by atoms with Gasteiger partial charge in [-0.2, -0.15) is 0 Å². The van der Waals surface area contributed by atoms with Gasteiger partial charge in [-0.3, -0.25) is 9.79 Å². The molecule has 6 N–H and O–H groups in total. The first-order chi connectivity index (χ1) is 21.2. The van der Waals surface area contributed by atoms with Crippen LogP contribution in [0.15, 0.2) is 47.5 Å². The molecule has 3 aromatic rings. The first kappa shape index (κ1) is 32.1. The number of guanidine groups is 1. The monoisotopic (exact) mass is 632 g/mol. The number of phenolic OH excluding ortho intramolecular Hbond substituents is 1. The van der Waals surface area contributed by atoms with Crippen LogP contribution < -0.4 is 16.4 Å². The first-order valence-corrected chi connectivity index (χ1v) is 17.2. The molecular formula is C35H44N4O3S2. The number of rotatable bonds is 10. The Morgan fingerprint density at radius 3 is 2.61 bits per heavy atom. The largest absolute Gasteiger partial charge is 0.508 e. The molecule has 2 aliphatic carbocycles. The van der Waals surface area contributed by atoms with E-state index < -0.39 is 6.10 Å². The molecule has 1 aromatic carbocycles. The second kappa shape index (κ2) is 14.2. The van der Waals surface area contributed by atoms with Crippen molar-refractivity contribution in [1.29, 1.82) is 0 Å². The molecular weight excluding hydrogens is 589 g/mol. The third-order valence-electron chi connectivity index (χ3n) is 9.27. The van der Waals surface area contributed by atoms with Gasteiger partial charge in [-0.25, -0.2) is 0 Å². The molecule has 44 heavy (non-hydrogen) atoms. The SMILES string of the molecule is CC#Cc1ccc(-c2ccc(C(=O)[C@@H]3CC[C@H]([C@@H](Cc4cc(O)cc(NC[C@H](C)O)c4)NC(N)=NC)CC34CCCC4)s2)s1. The summed E-state index contributed by atoms with van der Waals surface area (Å²) in [6.07, 6.45) is 7.36. The number of carbonyl (C=O) groups is 1. The molecule has 0 unspecified atom stereocenters. The smallest absolute Gasteiger partial charge is 0.188 e. The van der Waals surface area contributed by atoms with Crippen molar-refractivity contribution in [1.82, 2.24) is 5.32 Å². The summed E-state index contributed by atoms with van der Waals surface area (Å²) in [5.74, 6) is 7.30. The highest BCUT2D eigenvalue weighted by molar-refractivity contribution is 7.23. The quantitative estimate of drug-likeness (QED) is 0.0739. The molecule has 2 saturated carbocycles. The lowest BCUT2D eigenvalue weighted by molar-refractivity contribution is 0.0411. The van der Waals surface area contributed by atoms with Crippen LogP contribution in [0, 0.1) is 29.1 Å². The van der Waals surface area contributed by atoms with Gasteiger partial charge >= 0.3 is 0 Å². The molecule has 4 atom stereocenters. The highest BCUT2D eigenvalue weighted by Crippen LogP contribution is 2.56. The number of ketones is 1. The number of aromatic hydroxyl groups is 1. The average Bonchev–Trinajstić information content (AvgIpc) is 3.77. The molecule has 2 fully saturated rings. The third-order valence-corrected chi connectivity index (χ3v) is 11.6. The van der Waals surface area contributed by atoms with Gasteiger partial charge in [0, 0.05) is 47.1 Å². The van der Waals surface area contributed by atoms with Crippen LogP contribution in [0.2, 0.25) is 0 Å². The number of benzene rings is 1. The van der Waals surface area contributed by atoms with E-state index in [-0.39, 0.29) is 23.1 Å². The molecule has 0 aliphatic heterocycles. The van der Waals surface area contributed by atoms with Gasteiger partial charge in [0.1, 0.15) is 5.75 Å². The predicted octanol–water partition coefficient (Wildman–Crippen LogP) is 6.65. The molecule has 0 bridgehead atoms. The maximum atomic E-state index is 14.2. The number of hydrogen-bond donors (Lipinski definition) is 5. The molecule has 9 heteroatoms. The Balaban J connectivity index is 1.36. The van der Waals surface area contributed by atoms with Crippen LogP contribution in [0.4, 0.5) is 5.69 Å². The minimum Gasteiger partial charge on any atom is -0.508 e. The van der Waals surface area contributed by atoms with Crippen molar-refractivity contribution in [3.63, 3.8) is 0 Å². The van der Waals surface area contributed by atoms with Crippen LogP contribution >= 0.6 is 22.7 Å². The Morgan fingerprint density at radius 1 is 1.14 bits per heavy atom. The lowest BCUT2D eigenvalue weighted by Gasteiger charge is -2.46. The zero-order chi connectivity index (χ0) is 31.3. The number of phenols is 1. The van der Waals surface area contributed by atoms with Crippen LogP contribution in [-0.2, 0) is 6.42 Å². The summed E-state index contributed by atoms with van der Waals surface area (Å²) >= 11 is 3.29. The maximum Gasteiger partial charge on any atom is 0.188 e. The topological polar surface area (TPSA) is 120 Å². The van der Waals surface area contributed by atoms with Crippen molar-refractivity contribution in [3.8, 4) is 27.3 Å². The number of nitrogens with zero attached hydrogens (tertiary/aromatic N) is 1. The van der Waals surface area contributed by atoms with Crippen molar-refractivity contribution in [2.45, 2.75) is 77.4 Å². The normalized spacial score (nSPS) is 21.0. The first-order valence-electron chi connectivity index (χ1n) is 15.6. The number of carbonyl (C=O) groups excluding carboxylic acids is 1. The van der Waals surface area contributed by atoms with Crippen molar-refractivity contribution in [2.24, 2.45) is 28.0 Å². The Labute approximate surface area is 269 Å². The lowest BCUT2D eigenvalue weighted by atomic mass is 9.59. The molecule has 7 nitrogen and oxygen atoms in total. The zero-order valence-corrected chi connectivity index (χ0v) is 27.5. The fraction of sp³-hybridized carbons (Fsp3) is 0.486. The number of aliphatic imine (C=N–C) groups is 1. The average molecular weight is 633 g/mol. The molecule has 5 rings (SSSR count). The van der Waals surface area contributed by atoms with Gasteiger partial charge in [0.25, 0.3) is 0 Å². The summed E-state index contributed by atoms with van der Waals surface area (Å²) in [4.78, 5) is 22.6. The van der Waals surface area contributed by atoms with E-state index in [0.717, 1.165) is 75.7 Å². The Bertz CT molecular complexity index is 1540. The molecule has 2 aromatic heterocycles. The Morgan fingerprint density at radius 2 is 1.89 bits per heavy atom. The second-order valence-electron chi connectivity index (χ2n) is 12.4. The van der Waals surface area contributed by atoms with E-state index in [4.69, 9.17) is 5.73 Å². The summed E-state index contributed by atoms with van der Waals surface area (Å²) in [6.45, 7) is 3.97. The zero-order valence-electron chi connectivity index (χ0n) is 25.9. The summed E-state index contributed by atoms with van der Waals surface area (Å²) in [6, 6.07) is 13.8. The van der Waals surface area contributed by atoms with Crippen LogP contribution in [0.25, 0.3) is 9.75 Å². The van der Waals surface area contributed by atoms with Gasteiger partial charge in [0.15, 0.2) is 11.7 Å². The second-order valence-corrected chi connectivity index (χ2v) is 14.6. The van der Waals surface area contributed by atoms with Crippen LogP contribution in [0.3, 0.4) is 0 Å². The molecule has 2 heterocycles. The Kier molecular flexibility index (Phi) is 10.3. The van der Waals surface area contributed by atoms with Crippen molar-refractivity contribution >= 4 is 40.1 Å². The maximum absolute atomic E-state index is 14.2. The van der Waals surface area contributed by atoms with Gasteiger partial charge < -0.3 is 26.6 Å². The molecule has 0 radical (unpaired) electrons. The summed E-state index contributed by atoms with van der Waals surface area (Å²) in [5, 5.41) is 26.9. The summed E-state index contributed by atoms with van der Waals surface area (Å²) < 4.78 is 0. The number of anilines is 1. The van der Waals surface area contributed by atoms with E-state index in [1.165, 1.54) is 0 Å². The number of nitrogens with two attached hydrogens (primary N) is 1. The number of aliphatic hydroxyl groups is 1. The van der Waals surface area contributed by atoms with E-state index in [9.17, 15) is 15.0 Å². The highest BCUT2D eigenvalue weighted by atomic mass is 32.1. The summed E-state index contributed by atoms with van der Waals surface area (Å²) in [7, 11) is 1.68. The van der Waals surface area contributed by atoms with E-state index in [1.807, 2.05) is 19.1 Å². The van der Waals surface area contributed by atoms with Gasteiger partial charge in [-0.05, 0) is 106 Å². The standard InChI is InChI=1S/C35H44N4O3S2/c1-4-7-27-9-11-30(43-27)31-12-13-32(44-31)33(42)28-10-8-24(20-35(28)14-5-6-15-35)29(39-34(36)37-3)18-23-16-25(19-26(41)17-23)38-21-22(2)40/h9,11-13,16-17,19,22,24,28-29,38,40-41H,5-6,8,10,14-15,18,20-21H2,1-3H3,(H3,36,37,39)/t22-,24-,28-,29+/m0/s1.